The van der Waals surface area contributed by atoms with Gasteiger partial charge in [0.1, 0.15) is 0 Å². The molecule has 0 spiro atoms. The molecule has 0 aromatic heterocycles. The molecule has 80 valence electrons. The van der Waals surface area contributed by atoms with E-state index >= 15 is 0 Å². The third-order valence-corrected chi connectivity index (χ3v) is 3.63. The monoisotopic (exact) mass is 194 g/mol. The standard InChI is InChI=1S/C12H22N2/c1-10(11-6-2-3-7-11)14-12-8-4-5-9-13-12/h10-11H,2-9H2,1H3,(H,13,14). The summed E-state index contributed by atoms with van der Waals surface area (Å²) in [6, 6.07) is 0.648. The van der Waals surface area contributed by atoms with Crippen molar-refractivity contribution in [3.8, 4) is 0 Å². The van der Waals surface area contributed by atoms with Gasteiger partial charge >= 0.3 is 0 Å². The minimum atomic E-state index is 0.648. The van der Waals surface area contributed by atoms with Gasteiger partial charge in [-0.3, -0.25) is 4.99 Å². The van der Waals surface area contributed by atoms with Crippen LogP contribution in [0.1, 0.15) is 51.9 Å². The largest absolute Gasteiger partial charge is 0.371 e. The molecule has 1 aliphatic carbocycles. The van der Waals surface area contributed by atoms with Gasteiger partial charge in [0.05, 0.1) is 5.84 Å². The van der Waals surface area contributed by atoms with Gasteiger partial charge < -0.3 is 5.32 Å². The van der Waals surface area contributed by atoms with Gasteiger partial charge in [-0.1, -0.05) is 12.8 Å². The molecule has 0 amide bonds. The Labute approximate surface area is 87.2 Å². The van der Waals surface area contributed by atoms with E-state index in [9.17, 15) is 0 Å². The fourth-order valence-electron chi connectivity index (χ4n) is 2.65. The number of hydrogen-bond donors (Lipinski definition) is 1. The number of amidine groups is 1. The first-order valence-electron chi connectivity index (χ1n) is 6.16. The maximum atomic E-state index is 4.55. The summed E-state index contributed by atoms with van der Waals surface area (Å²) in [7, 11) is 0. The van der Waals surface area contributed by atoms with Gasteiger partial charge in [-0.25, -0.2) is 0 Å². The van der Waals surface area contributed by atoms with E-state index in [-0.39, 0.29) is 0 Å². The van der Waals surface area contributed by atoms with E-state index in [2.05, 4.69) is 17.2 Å². The minimum absolute atomic E-state index is 0.648. The number of nitrogens with one attached hydrogen (secondary N) is 1. The normalized spacial score (nSPS) is 25.9. The van der Waals surface area contributed by atoms with Crippen LogP contribution in [0, 0.1) is 5.92 Å². The molecule has 0 saturated heterocycles. The maximum absolute atomic E-state index is 4.55. The van der Waals surface area contributed by atoms with E-state index in [0.29, 0.717) is 6.04 Å². The zero-order valence-electron chi connectivity index (χ0n) is 9.26. The van der Waals surface area contributed by atoms with E-state index in [1.807, 2.05) is 0 Å². The van der Waals surface area contributed by atoms with Gasteiger partial charge in [-0.15, -0.1) is 0 Å². The molecule has 0 radical (unpaired) electrons. The van der Waals surface area contributed by atoms with Crippen molar-refractivity contribution < 1.29 is 0 Å². The first-order valence-corrected chi connectivity index (χ1v) is 6.16. The quantitative estimate of drug-likeness (QED) is 0.718. The van der Waals surface area contributed by atoms with Crippen molar-refractivity contribution in [2.24, 2.45) is 10.9 Å². The van der Waals surface area contributed by atoms with Crippen LogP contribution in [0.2, 0.25) is 0 Å². The van der Waals surface area contributed by atoms with Crippen molar-refractivity contribution >= 4 is 5.84 Å². The lowest BCUT2D eigenvalue weighted by molar-refractivity contribution is 0.422. The van der Waals surface area contributed by atoms with Crippen molar-refractivity contribution in [2.45, 2.75) is 57.9 Å². The lowest BCUT2D eigenvalue weighted by Crippen LogP contribution is -2.38. The Hall–Kier alpha value is -0.530. The summed E-state index contributed by atoms with van der Waals surface area (Å²) in [4.78, 5) is 4.55. The highest BCUT2D eigenvalue weighted by Crippen LogP contribution is 2.27. The summed E-state index contributed by atoms with van der Waals surface area (Å²) in [6.07, 6.45) is 9.48. The Morgan fingerprint density at radius 2 is 2.00 bits per heavy atom. The van der Waals surface area contributed by atoms with Gasteiger partial charge in [-0.05, 0) is 38.5 Å². The average molecular weight is 194 g/mol. The molecule has 1 unspecified atom stereocenters. The predicted molar refractivity (Wildman–Crippen MR) is 60.7 cm³/mol. The van der Waals surface area contributed by atoms with Crippen LogP contribution in [-0.2, 0) is 0 Å². The van der Waals surface area contributed by atoms with Crippen molar-refractivity contribution in [1.82, 2.24) is 5.32 Å². The Balaban J connectivity index is 1.80. The number of nitrogens with zero attached hydrogens (tertiary/aromatic N) is 1. The molecule has 1 atom stereocenters. The fraction of sp³-hybridized carbons (Fsp3) is 0.917. The second-order valence-electron chi connectivity index (χ2n) is 4.76. The van der Waals surface area contributed by atoms with E-state index in [1.54, 1.807) is 0 Å². The Morgan fingerprint density at radius 1 is 1.21 bits per heavy atom. The molecule has 0 aromatic carbocycles. The summed E-state index contributed by atoms with van der Waals surface area (Å²) in [5.41, 5.74) is 0. The Morgan fingerprint density at radius 3 is 2.64 bits per heavy atom. The van der Waals surface area contributed by atoms with Gasteiger partial charge in [0.25, 0.3) is 0 Å². The molecule has 1 fully saturated rings. The predicted octanol–water partition coefficient (Wildman–Crippen LogP) is 2.74. The zero-order valence-corrected chi connectivity index (χ0v) is 9.26. The molecule has 0 aromatic rings. The molecule has 2 heteroatoms. The summed E-state index contributed by atoms with van der Waals surface area (Å²) < 4.78 is 0. The number of rotatable bonds is 2. The van der Waals surface area contributed by atoms with Crippen LogP contribution in [0.3, 0.4) is 0 Å². The van der Waals surface area contributed by atoms with Gasteiger partial charge in [-0.2, -0.15) is 0 Å². The van der Waals surface area contributed by atoms with Gasteiger partial charge in [0.2, 0.25) is 0 Å². The lowest BCUT2D eigenvalue weighted by Gasteiger charge is -2.24. The molecule has 0 bridgehead atoms. The fourth-order valence-corrected chi connectivity index (χ4v) is 2.65. The lowest BCUT2D eigenvalue weighted by atomic mass is 9.99. The summed E-state index contributed by atoms with van der Waals surface area (Å²) in [5, 5.41) is 3.61. The molecule has 1 heterocycles. The average Bonchev–Trinajstić information content (AvgIpc) is 2.72. The van der Waals surface area contributed by atoms with Crippen molar-refractivity contribution in [3.63, 3.8) is 0 Å². The first kappa shape index (κ1) is 10.0. The van der Waals surface area contributed by atoms with E-state index in [1.165, 1.54) is 50.8 Å². The topological polar surface area (TPSA) is 24.4 Å². The Bertz CT molecular complexity index is 204. The van der Waals surface area contributed by atoms with E-state index in [0.717, 1.165) is 12.5 Å². The van der Waals surface area contributed by atoms with Crippen LogP contribution in [0.5, 0.6) is 0 Å². The number of hydrogen-bond acceptors (Lipinski definition) is 2. The molecule has 14 heavy (non-hydrogen) atoms. The highest BCUT2D eigenvalue weighted by molar-refractivity contribution is 5.82. The Kier molecular flexibility index (Phi) is 3.44. The maximum Gasteiger partial charge on any atom is 0.0965 e. The van der Waals surface area contributed by atoms with Crippen LogP contribution in [-0.4, -0.2) is 18.4 Å². The van der Waals surface area contributed by atoms with Crippen molar-refractivity contribution in [2.75, 3.05) is 6.54 Å². The summed E-state index contributed by atoms with van der Waals surface area (Å²) in [6.45, 7) is 3.37. The van der Waals surface area contributed by atoms with E-state index in [4.69, 9.17) is 0 Å². The summed E-state index contributed by atoms with van der Waals surface area (Å²) >= 11 is 0. The van der Waals surface area contributed by atoms with Crippen molar-refractivity contribution in [3.05, 3.63) is 0 Å². The van der Waals surface area contributed by atoms with Crippen LogP contribution < -0.4 is 5.32 Å². The molecular weight excluding hydrogens is 172 g/mol. The molecule has 2 aliphatic rings. The van der Waals surface area contributed by atoms with Gasteiger partial charge in [0.15, 0.2) is 0 Å². The molecule has 1 aliphatic heterocycles. The van der Waals surface area contributed by atoms with Crippen LogP contribution in [0.25, 0.3) is 0 Å². The van der Waals surface area contributed by atoms with Crippen LogP contribution in [0.15, 0.2) is 4.99 Å². The highest BCUT2D eigenvalue weighted by atomic mass is 15.0. The SMILES string of the molecule is CC(NC1=NCCCC1)C1CCCC1. The van der Waals surface area contributed by atoms with Crippen LogP contribution >= 0.6 is 0 Å². The van der Waals surface area contributed by atoms with Gasteiger partial charge in [0, 0.05) is 19.0 Å². The molecular formula is C12H22N2. The molecule has 1 N–H and O–H groups in total. The zero-order chi connectivity index (χ0) is 9.80. The van der Waals surface area contributed by atoms with Crippen molar-refractivity contribution in [1.29, 1.82) is 0 Å². The third-order valence-electron chi connectivity index (χ3n) is 3.63. The molecule has 2 rings (SSSR count). The molecule has 1 saturated carbocycles. The third kappa shape index (κ3) is 2.49. The van der Waals surface area contributed by atoms with Crippen LogP contribution in [0.4, 0.5) is 0 Å². The molecule has 2 nitrogen and oxygen atoms in total. The minimum Gasteiger partial charge on any atom is -0.371 e. The summed E-state index contributed by atoms with van der Waals surface area (Å²) in [5.74, 6) is 2.18. The first-order chi connectivity index (χ1) is 6.86. The second-order valence-corrected chi connectivity index (χ2v) is 4.76. The van der Waals surface area contributed by atoms with E-state index < -0.39 is 0 Å². The second kappa shape index (κ2) is 4.81. The highest BCUT2D eigenvalue weighted by Gasteiger charge is 2.22. The smallest absolute Gasteiger partial charge is 0.0965 e. The number of aliphatic imine (C=N–C) groups is 1.